The summed E-state index contributed by atoms with van der Waals surface area (Å²) in [7, 11) is 0. The van der Waals surface area contributed by atoms with Crippen LogP contribution in [-0.2, 0) is 0 Å². The molecule has 18 heavy (non-hydrogen) atoms. The monoisotopic (exact) mass is 244 g/mol. The van der Waals surface area contributed by atoms with Crippen molar-refractivity contribution >= 4 is 0 Å². The Hall–Kier alpha value is -0.890. The van der Waals surface area contributed by atoms with Crippen LogP contribution in [0.4, 0.5) is 0 Å². The molecular weight excluding hydrogens is 220 g/mol. The number of rotatable bonds is 3. The third kappa shape index (κ3) is 2.44. The van der Waals surface area contributed by atoms with Crippen molar-refractivity contribution in [1.82, 2.24) is 10.3 Å². The molecule has 2 fully saturated rings. The molecule has 0 amide bonds. The maximum Gasteiger partial charge on any atom is 0.0573 e. The zero-order valence-corrected chi connectivity index (χ0v) is 11.5. The quantitative estimate of drug-likeness (QED) is 0.878. The summed E-state index contributed by atoms with van der Waals surface area (Å²) in [6, 6.07) is 7.42. The van der Waals surface area contributed by atoms with Gasteiger partial charge >= 0.3 is 0 Å². The Labute approximate surface area is 110 Å². The Kier molecular flexibility index (Phi) is 3.38. The summed E-state index contributed by atoms with van der Waals surface area (Å²) in [4.78, 5) is 4.62. The first-order valence-corrected chi connectivity index (χ1v) is 7.42. The fourth-order valence-electron chi connectivity index (χ4n) is 3.94. The second kappa shape index (κ2) is 5.00. The SMILES string of the molecule is Cc1cccc(C(C)NC2CC3CCCC3C2)n1. The minimum atomic E-state index is 0.383. The predicted octanol–water partition coefficient (Wildman–Crippen LogP) is 3.62. The van der Waals surface area contributed by atoms with Crippen LogP contribution in [0.5, 0.6) is 0 Å². The van der Waals surface area contributed by atoms with Crippen LogP contribution in [-0.4, -0.2) is 11.0 Å². The van der Waals surface area contributed by atoms with Crippen LogP contribution in [0.15, 0.2) is 18.2 Å². The van der Waals surface area contributed by atoms with Crippen molar-refractivity contribution in [3.05, 3.63) is 29.6 Å². The van der Waals surface area contributed by atoms with E-state index < -0.39 is 0 Å². The van der Waals surface area contributed by atoms with E-state index in [0.717, 1.165) is 23.6 Å². The van der Waals surface area contributed by atoms with Gasteiger partial charge in [0.25, 0.3) is 0 Å². The van der Waals surface area contributed by atoms with Crippen molar-refractivity contribution in [2.24, 2.45) is 11.8 Å². The highest BCUT2D eigenvalue weighted by atomic mass is 15.0. The minimum absolute atomic E-state index is 0.383. The van der Waals surface area contributed by atoms with E-state index in [0.29, 0.717) is 6.04 Å². The van der Waals surface area contributed by atoms with Crippen molar-refractivity contribution in [3.63, 3.8) is 0 Å². The second-order valence-electron chi connectivity index (χ2n) is 6.21. The van der Waals surface area contributed by atoms with E-state index in [-0.39, 0.29) is 0 Å². The van der Waals surface area contributed by atoms with Gasteiger partial charge in [-0.25, -0.2) is 0 Å². The molecule has 0 bridgehead atoms. The van der Waals surface area contributed by atoms with Gasteiger partial charge in [-0.15, -0.1) is 0 Å². The van der Waals surface area contributed by atoms with Crippen molar-refractivity contribution in [2.45, 2.75) is 58.0 Å². The molecular formula is C16H24N2. The van der Waals surface area contributed by atoms with Crippen LogP contribution >= 0.6 is 0 Å². The Morgan fingerprint density at radius 2 is 1.94 bits per heavy atom. The smallest absolute Gasteiger partial charge is 0.0573 e. The normalized spacial score (nSPS) is 32.4. The summed E-state index contributed by atoms with van der Waals surface area (Å²) in [5, 5.41) is 3.79. The third-order valence-corrected chi connectivity index (χ3v) is 4.83. The average molecular weight is 244 g/mol. The van der Waals surface area contributed by atoms with E-state index in [1.165, 1.54) is 37.8 Å². The van der Waals surface area contributed by atoms with Crippen molar-refractivity contribution in [2.75, 3.05) is 0 Å². The molecule has 1 N–H and O–H groups in total. The van der Waals surface area contributed by atoms with E-state index in [1.807, 2.05) is 0 Å². The fraction of sp³-hybridized carbons (Fsp3) is 0.688. The summed E-state index contributed by atoms with van der Waals surface area (Å²) in [6.45, 7) is 4.31. The molecule has 0 saturated heterocycles. The molecule has 3 unspecified atom stereocenters. The van der Waals surface area contributed by atoms with Gasteiger partial charge in [0.05, 0.1) is 5.69 Å². The highest BCUT2D eigenvalue weighted by Gasteiger charge is 2.37. The third-order valence-electron chi connectivity index (χ3n) is 4.83. The summed E-state index contributed by atoms with van der Waals surface area (Å²) < 4.78 is 0. The molecule has 2 aliphatic rings. The van der Waals surface area contributed by atoms with Crippen molar-refractivity contribution in [3.8, 4) is 0 Å². The molecule has 3 atom stereocenters. The molecule has 0 aromatic carbocycles. The first-order chi connectivity index (χ1) is 8.72. The standard InChI is InChI=1S/C16H24N2/c1-11-5-3-8-16(17-11)12(2)18-15-9-13-6-4-7-14(13)10-15/h3,5,8,12-15,18H,4,6-7,9-10H2,1-2H3. The summed E-state index contributed by atoms with van der Waals surface area (Å²) in [6.07, 6.45) is 7.19. The van der Waals surface area contributed by atoms with Gasteiger partial charge in [-0.05, 0) is 50.7 Å². The lowest BCUT2D eigenvalue weighted by Crippen LogP contribution is -2.30. The van der Waals surface area contributed by atoms with E-state index in [9.17, 15) is 0 Å². The zero-order valence-electron chi connectivity index (χ0n) is 11.5. The van der Waals surface area contributed by atoms with Crippen LogP contribution < -0.4 is 5.32 Å². The molecule has 2 aliphatic carbocycles. The Bertz CT molecular complexity index is 403. The molecule has 0 radical (unpaired) electrons. The molecule has 3 rings (SSSR count). The molecule has 0 spiro atoms. The van der Waals surface area contributed by atoms with Gasteiger partial charge in [-0.2, -0.15) is 0 Å². The van der Waals surface area contributed by atoms with Gasteiger partial charge in [0.2, 0.25) is 0 Å². The van der Waals surface area contributed by atoms with Crippen molar-refractivity contribution in [1.29, 1.82) is 0 Å². The minimum Gasteiger partial charge on any atom is -0.306 e. The van der Waals surface area contributed by atoms with Crippen LogP contribution in [0.25, 0.3) is 0 Å². The zero-order chi connectivity index (χ0) is 12.5. The van der Waals surface area contributed by atoms with Gasteiger partial charge in [0.15, 0.2) is 0 Å². The van der Waals surface area contributed by atoms with Gasteiger partial charge < -0.3 is 5.32 Å². The molecule has 1 aromatic rings. The summed E-state index contributed by atoms with van der Waals surface area (Å²) in [5.74, 6) is 2.03. The first kappa shape index (κ1) is 12.2. The lowest BCUT2D eigenvalue weighted by Gasteiger charge is -2.20. The number of hydrogen-bond donors (Lipinski definition) is 1. The van der Waals surface area contributed by atoms with E-state index in [4.69, 9.17) is 0 Å². The number of fused-ring (bicyclic) bond motifs is 1. The number of aromatic nitrogens is 1. The molecule has 2 saturated carbocycles. The number of nitrogens with zero attached hydrogens (tertiary/aromatic N) is 1. The highest BCUT2D eigenvalue weighted by molar-refractivity contribution is 5.13. The summed E-state index contributed by atoms with van der Waals surface area (Å²) >= 11 is 0. The molecule has 1 aromatic heterocycles. The van der Waals surface area contributed by atoms with Gasteiger partial charge in [-0.3, -0.25) is 4.98 Å². The lowest BCUT2D eigenvalue weighted by molar-refractivity contribution is 0.428. The van der Waals surface area contributed by atoms with Crippen LogP contribution in [0.1, 0.15) is 56.5 Å². The first-order valence-electron chi connectivity index (χ1n) is 7.42. The number of pyridine rings is 1. The van der Waals surface area contributed by atoms with E-state index in [1.54, 1.807) is 0 Å². The Morgan fingerprint density at radius 1 is 1.22 bits per heavy atom. The van der Waals surface area contributed by atoms with Crippen LogP contribution in [0.2, 0.25) is 0 Å². The van der Waals surface area contributed by atoms with Crippen LogP contribution in [0, 0.1) is 18.8 Å². The molecule has 1 heterocycles. The van der Waals surface area contributed by atoms with Gasteiger partial charge in [0.1, 0.15) is 0 Å². The maximum absolute atomic E-state index is 4.62. The average Bonchev–Trinajstić information content (AvgIpc) is 2.89. The fourth-order valence-corrected chi connectivity index (χ4v) is 3.94. The van der Waals surface area contributed by atoms with Crippen molar-refractivity contribution < 1.29 is 0 Å². The Morgan fingerprint density at radius 3 is 2.61 bits per heavy atom. The van der Waals surface area contributed by atoms with Gasteiger partial charge in [0, 0.05) is 17.8 Å². The van der Waals surface area contributed by atoms with E-state index >= 15 is 0 Å². The lowest BCUT2D eigenvalue weighted by atomic mass is 10.0. The summed E-state index contributed by atoms with van der Waals surface area (Å²) in [5.41, 5.74) is 2.30. The predicted molar refractivity (Wildman–Crippen MR) is 74.4 cm³/mol. The second-order valence-corrected chi connectivity index (χ2v) is 6.21. The number of nitrogens with one attached hydrogen (secondary N) is 1. The largest absolute Gasteiger partial charge is 0.306 e. The molecule has 98 valence electrons. The molecule has 0 aliphatic heterocycles. The highest BCUT2D eigenvalue weighted by Crippen LogP contribution is 2.44. The number of hydrogen-bond acceptors (Lipinski definition) is 2. The molecule has 2 heteroatoms. The van der Waals surface area contributed by atoms with Gasteiger partial charge in [-0.1, -0.05) is 25.3 Å². The number of aryl methyl sites for hydroxylation is 1. The van der Waals surface area contributed by atoms with E-state index in [2.05, 4.69) is 42.3 Å². The van der Waals surface area contributed by atoms with Crippen LogP contribution in [0.3, 0.4) is 0 Å². The molecule has 2 nitrogen and oxygen atoms in total. The Balaban J connectivity index is 1.60. The topological polar surface area (TPSA) is 24.9 Å². The maximum atomic E-state index is 4.62.